The number of hydrogen-bond donors (Lipinski definition) is 1. The topological polar surface area (TPSA) is 58.4 Å². The monoisotopic (exact) mass is 359 g/mol. The summed E-state index contributed by atoms with van der Waals surface area (Å²) >= 11 is 1.81. The van der Waals surface area contributed by atoms with Crippen molar-refractivity contribution in [2.45, 2.75) is 31.2 Å². The molecular weight excluding hydrogens is 334 g/mol. The molecule has 0 radical (unpaired) electrons. The predicted molar refractivity (Wildman–Crippen MR) is 99.8 cm³/mol. The van der Waals surface area contributed by atoms with Gasteiger partial charge >= 0.3 is 0 Å². The highest BCUT2D eigenvalue weighted by molar-refractivity contribution is 7.98. The van der Waals surface area contributed by atoms with Crippen LogP contribution in [0.4, 0.5) is 0 Å². The molecule has 0 saturated carbocycles. The summed E-state index contributed by atoms with van der Waals surface area (Å²) in [6, 6.07) is 10.3. The number of aryl methyl sites for hydroxylation is 1. The highest BCUT2D eigenvalue weighted by Gasteiger charge is 2.21. The Balaban J connectivity index is 1.43. The van der Waals surface area contributed by atoms with Gasteiger partial charge in [0.25, 0.3) is 5.91 Å². The summed E-state index contributed by atoms with van der Waals surface area (Å²) in [5.74, 6) is 1.04. The molecule has 1 N–H and O–H groups in total. The van der Waals surface area contributed by atoms with Gasteiger partial charge in [0, 0.05) is 24.1 Å². The minimum atomic E-state index is -0.145. The Kier molecular flexibility index (Phi) is 6.15. The molecule has 0 aliphatic carbocycles. The van der Waals surface area contributed by atoms with E-state index in [1.165, 1.54) is 10.5 Å². The van der Waals surface area contributed by atoms with Gasteiger partial charge in [-0.1, -0.05) is 23.4 Å². The number of rotatable bonds is 6. The molecule has 134 valence electrons. The molecule has 0 unspecified atom stereocenters. The lowest BCUT2D eigenvalue weighted by Crippen LogP contribution is -2.38. The van der Waals surface area contributed by atoms with Crippen LogP contribution >= 0.6 is 11.8 Å². The lowest BCUT2D eigenvalue weighted by atomic mass is 9.96. The van der Waals surface area contributed by atoms with Gasteiger partial charge in [0.05, 0.1) is 0 Å². The third-order valence-corrected chi connectivity index (χ3v) is 5.54. The van der Waals surface area contributed by atoms with Gasteiger partial charge in [0.15, 0.2) is 5.69 Å². The molecular formula is C19H25N3O2S. The van der Waals surface area contributed by atoms with Crippen LogP contribution in [0.15, 0.2) is 39.8 Å². The van der Waals surface area contributed by atoms with Gasteiger partial charge in [-0.2, -0.15) is 0 Å². The highest BCUT2D eigenvalue weighted by atomic mass is 32.2. The number of carbonyl (C=O) groups excluding carboxylic acids is 1. The van der Waals surface area contributed by atoms with Crippen LogP contribution in [0, 0.1) is 12.8 Å². The maximum absolute atomic E-state index is 12.0. The molecule has 0 spiro atoms. The molecule has 1 aromatic heterocycles. The maximum Gasteiger partial charge on any atom is 0.273 e. The van der Waals surface area contributed by atoms with E-state index in [1.807, 2.05) is 11.8 Å². The molecule has 2 heterocycles. The first kappa shape index (κ1) is 18.0. The minimum absolute atomic E-state index is 0.145. The van der Waals surface area contributed by atoms with Crippen LogP contribution in [0.1, 0.15) is 34.7 Å². The summed E-state index contributed by atoms with van der Waals surface area (Å²) in [7, 11) is 0. The summed E-state index contributed by atoms with van der Waals surface area (Å²) < 4.78 is 4.95. The number of aromatic nitrogens is 1. The summed E-state index contributed by atoms with van der Waals surface area (Å²) in [6.45, 7) is 5.65. The van der Waals surface area contributed by atoms with Crippen LogP contribution in [0.2, 0.25) is 0 Å². The van der Waals surface area contributed by atoms with Crippen LogP contribution in [0.5, 0.6) is 0 Å². The lowest BCUT2D eigenvalue weighted by Gasteiger charge is -2.32. The predicted octanol–water partition coefficient (Wildman–Crippen LogP) is 3.35. The average Bonchev–Trinajstić information content (AvgIpc) is 3.08. The van der Waals surface area contributed by atoms with Gasteiger partial charge < -0.3 is 9.84 Å². The molecule has 0 atom stereocenters. The van der Waals surface area contributed by atoms with E-state index in [2.05, 4.69) is 45.9 Å². The van der Waals surface area contributed by atoms with Crippen LogP contribution < -0.4 is 5.32 Å². The smallest absolute Gasteiger partial charge is 0.273 e. The molecule has 3 rings (SSSR count). The van der Waals surface area contributed by atoms with Gasteiger partial charge in [0.2, 0.25) is 0 Å². The SMILES string of the molecule is CSc1ccccc1CN1CCC(CNC(=O)c2cc(C)on2)CC1. The van der Waals surface area contributed by atoms with E-state index < -0.39 is 0 Å². The molecule has 1 aromatic carbocycles. The quantitative estimate of drug-likeness (QED) is 0.802. The largest absolute Gasteiger partial charge is 0.361 e. The fraction of sp³-hybridized carbons (Fsp3) is 0.474. The zero-order valence-corrected chi connectivity index (χ0v) is 15.6. The fourth-order valence-electron chi connectivity index (χ4n) is 3.22. The Morgan fingerprint density at radius 2 is 2.12 bits per heavy atom. The summed E-state index contributed by atoms with van der Waals surface area (Å²) in [4.78, 5) is 15.9. The van der Waals surface area contributed by atoms with Crippen molar-refractivity contribution in [1.82, 2.24) is 15.4 Å². The van der Waals surface area contributed by atoms with E-state index in [4.69, 9.17) is 4.52 Å². The Morgan fingerprint density at radius 3 is 2.80 bits per heavy atom. The van der Waals surface area contributed by atoms with Gasteiger partial charge in [-0.25, -0.2) is 0 Å². The standard InChI is InChI=1S/C19H25N3O2S/c1-14-11-17(21-24-14)19(23)20-12-15-7-9-22(10-8-15)13-16-5-3-4-6-18(16)25-2/h3-6,11,15H,7-10,12-13H2,1-2H3,(H,20,23). The van der Waals surface area contributed by atoms with E-state index >= 15 is 0 Å². The molecule has 5 nitrogen and oxygen atoms in total. The number of likely N-dealkylation sites (tertiary alicyclic amines) is 1. The first-order valence-corrected chi connectivity index (χ1v) is 9.94. The Hall–Kier alpha value is -1.79. The van der Waals surface area contributed by atoms with E-state index in [9.17, 15) is 4.79 Å². The third-order valence-electron chi connectivity index (χ3n) is 4.71. The Bertz CT molecular complexity index is 708. The molecule has 1 amide bonds. The first-order valence-electron chi connectivity index (χ1n) is 8.71. The second-order valence-electron chi connectivity index (χ2n) is 6.56. The van der Waals surface area contributed by atoms with Crippen molar-refractivity contribution in [2.75, 3.05) is 25.9 Å². The van der Waals surface area contributed by atoms with Crippen molar-refractivity contribution in [3.63, 3.8) is 0 Å². The molecule has 1 saturated heterocycles. The number of nitrogens with zero attached hydrogens (tertiary/aromatic N) is 2. The molecule has 6 heteroatoms. The van der Waals surface area contributed by atoms with Gasteiger partial charge in [-0.15, -0.1) is 11.8 Å². The van der Waals surface area contributed by atoms with Crippen molar-refractivity contribution >= 4 is 17.7 Å². The van der Waals surface area contributed by atoms with Gasteiger partial charge in [0.1, 0.15) is 5.76 Å². The van der Waals surface area contributed by atoms with Gasteiger partial charge in [-0.3, -0.25) is 9.69 Å². The van der Waals surface area contributed by atoms with E-state index in [-0.39, 0.29) is 5.91 Å². The van der Waals surface area contributed by atoms with Crippen molar-refractivity contribution in [1.29, 1.82) is 0 Å². The zero-order valence-electron chi connectivity index (χ0n) is 14.8. The molecule has 2 aromatic rings. The molecule has 1 aliphatic heterocycles. The summed E-state index contributed by atoms with van der Waals surface area (Å²) in [5, 5.41) is 6.74. The van der Waals surface area contributed by atoms with Crippen LogP contribution in [-0.4, -0.2) is 41.9 Å². The number of nitrogens with one attached hydrogen (secondary N) is 1. The third kappa shape index (κ3) is 4.86. The minimum Gasteiger partial charge on any atom is -0.361 e. The van der Waals surface area contributed by atoms with Crippen molar-refractivity contribution < 1.29 is 9.32 Å². The lowest BCUT2D eigenvalue weighted by molar-refractivity contribution is 0.0926. The average molecular weight is 359 g/mol. The zero-order chi connectivity index (χ0) is 17.6. The molecule has 1 aliphatic rings. The number of piperidine rings is 1. The van der Waals surface area contributed by atoms with E-state index in [0.717, 1.165) is 32.5 Å². The van der Waals surface area contributed by atoms with Crippen molar-refractivity contribution in [3.8, 4) is 0 Å². The molecule has 0 bridgehead atoms. The second kappa shape index (κ2) is 8.54. The molecule has 1 fully saturated rings. The maximum atomic E-state index is 12.0. The normalized spacial score (nSPS) is 16.1. The number of carbonyl (C=O) groups is 1. The summed E-state index contributed by atoms with van der Waals surface area (Å²) in [5.41, 5.74) is 1.77. The number of thioether (sulfide) groups is 1. The highest BCUT2D eigenvalue weighted by Crippen LogP contribution is 2.24. The molecule has 25 heavy (non-hydrogen) atoms. The van der Waals surface area contributed by atoms with E-state index in [1.54, 1.807) is 13.0 Å². The van der Waals surface area contributed by atoms with Crippen LogP contribution in [-0.2, 0) is 6.54 Å². The van der Waals surface area contributed by atoms with Gasteiger partial charge in [-0.05, 0) is 56.7 Å². The summed E-state index contributed by atoms with van der Waals surface area (Å²) in [6.07, 6.45) is 4.35. The number of amides is 1. The van der Waals surface area contributed by atoms with Crippen molar-refractivity contribution in [3.05, 3.63) is 47.3 Å². The number of hydrogen-bond acceptors (Lipinski definition) is 5. The Labute approximate surface area is 153 Å². The second-order valence-corrected chi connectivity index (χ2v) is 7.41. The first-order chi connectivity index (χ1) is 12.2. The van der Waals surface area contributed by atoms with E-state index in [0.29, 0.717) is 23.9 Å². The van der Waals surface area contributed by atoms with Crippen molar-refractivity contribution in [2.24, 2.45) is 5.92 Å². The Morgan fingerprint density at radius 1 is 1.36 bits per heavy atom. The fourth-order valence-corrected chi connectivity index (χ4v) is 3.83. The number of benzene rings is 1. The van der Waals surface area contributed by atoms with Crippen LogP contribution in [0.3, 0.4) is 0 Å². The van der Waals surface area contributed by atoms with Crippen LogP contribution in [0.25, 0.3) is 0 Å².